The van der Waals surface area contributed by atoms with Crippen LogP contribution in [0.5, 0.6) is 0 Å². The molecule has 0 aromatic rings. The van der Waals surface area contributed by atoms with Crippen molar-refractivity contribution < 1.29 is 8.42 Å². The van der Waals surface area contributed by atoms with E-state index in [0.29, 0.717) is 5.92 Å². The maximum absolute atomic E-state index is 11.9. The average Bonchev–Trinajstić information content (AvgIpc) is 2.81. The molecule has 0 aromatic carbocycles. The van der Waals surface area contributed by atoms with Gasteiger partial charge in [0, 0.05) is 6.04 Å². The lowest BCUT2D eigenvalue weighted by atomic mass is 10.0. The lowest BCUT2D eigenvalue weighted by Gasteiger charge is -2.20. The Morgan fingerprint density at radius 1 is 1.22 bits per heavy atom. The van der Waals surface area contributed by atoms with Crippen molar-refractivity contribution in [2.45, 2.75) is 58.4 Å². The highest BCUT2D eigenvalue weighted by atomic mass is 32.2. The highest BCUT2D eigenvalue weighted by Gasteiger charge is 2.24. The second kappa shape index (κ2) is 8.12. The Labute approximate surface area is 112 Å². The van der Waals surface area contributed by atoms with Gasteiger partial charge in [0.15, 0.2) is 0 Å². The second-order valence-corrected chi connectivity index (χ2v) is 7.20. The van der Waals surface area contributed by atoms with Crippen LogP contribution in [0.1, 0.15) is 52.4 Å². The summed E-state index contributed by atoms with van der Waals surface area (Å²) in [6, 6.07) is 0.103. The quantitative estimate of drug-likeness (QED) is 0.632. The third kappa shape index (κ3) is 6.16. The normalized spacial score (nSPS) is 19.2. The fourth-order valence-electron chi connectivity index (χ4n) is 2.61. The van der Waals surface area contributed by atoms with E-state index < -0.39 is 10.0 Å². The Hall–Kier alpha value is -0.130. The van der Waals surface area contributed by atoms with E-state index in [-0.39, 0.29) is 11.8 Å². The van der Waals surface area contributed by atoms with Crippen molar-refractivity contribution in [2.75, 3.05) is 18.8 Å². The van der Waals surface area contributed by atoms with E-state index in [1.165, 1.54) is 25.7 Å². The van der Waals surface area contributed by atoms with Crippen LogP contribution in [0, 0.1) is 5.92 Å². The highest BCUT2D eigenvalue weighted by Crippen LogP contribution is 2.27. The lowest BCUT2D eigenvalue weighted by Crippen LogP contribution is -2.38. The summed E-state index contributed by atoms with van der Waals surface area (Å²) in [5, 5.41) is 3.20. The molecule has 1 rings (SSSR count). The van der Waals surface area contributed by atoms with E-state index in [4.69, 9.17) is 0 Å². The minimum absolute atomic E-state index is 0.103. The van der Waals surface area contributed by atoms with Gasteiger partial charge in [0.1, 0.15) is 0 Å². The molecule has 2 N–H and O–H groups in total. The first-order valence-electron chi connectivity index (χ1n) is 7.26. The first kappa shape index (κ1) is 15.9. The van der Waals surface area contributed by atoms with Gasteiger partial charge in [0.2, 0.25) is 10.0 Å². The molecule has 4 nitrogen and oxygen atoms in total. The summed E-state index contributed by atoms with van der Waals surface area (Å²) in [5.74, 6) is 0.802. The van der Waals surface area contributed by atoms with Crippen LogP contribution >= 0.6 is 0 Å². The Kier molecular flexibility index (Phi) is 7.19. The molecule has 1 aliphatic rings. The summed E-state index contributed by atoms with van der Waals surface area (Å²) in [5.41, 5.74) is 0. The zero-order valence-corrected chi connectivity index (χ0v) is 12.6. The predicted octanol–water partition coefficient (Wildman–Crippen LogP) is 1.87. The second-order valence-electron chi connectivity index (χ2n) is 5.33. The van der Waals surface area contributed by atoms with Crippen LogP contribution in [0.15, 0.2) is 0 Å². The van der Waals surface area contributed by atoms with Crippen LogP contribution < -0.4 is 10.0 Å². The average molecular weight is 276 g/mol. The molecule has 0 aromatic heterocycles. The molecule has 1 saturated carbocycles. The van der Waals surface area contributed by atoms with Crippen molar-refractivity contribution in [3.8, 4) is 0 Å². The van der Waals surface area contributed by atoms with Crippen molar-refractivity contribution in [1.82, 2.24) is 10.0 Å². The summed E-state index contributed by atoms with van der Waals surface area (Å²) >= 11 is 0. The van der Waals surface area contributed by atoms with Gasteiger partial charge in [0.25, 0.3) is 0 Å². The Bertz CT molecular complexity index is 311. The van der Waals surface area contributed by atoms with E-state index in [9.17, 15) is 8.42 Å². The Morgan fingerprint density at radius 3 is 2.50 bits per heavy atom. The van der Waals surface area contributed by atoms with E-state index in [1.807, 2.05) is 6.92 Å². The van der Waals surface area contributed by atoms with Gasteiger partial charge in [-0.2, -0.15) is 0 Å². The molecule has 1 atom stereocenters. The van der Waals surface area contributed by atoms with Crippen LogP contribution in [0.25, 0.3) is 0 Å². The van der Waals surface area contributed by atoms with E-state index in [1.54, 1.807) is 0 Å². The van der Waals surface area contributed by atoms with Gasteiger partial charge < -0.3 is 5.32 Å². The minimum atomic E-state index is -3.08. The van der Waals surface area contributed by atoms with Crippen LogP contribution in [0.4, 0.5) is 0 Å². The SMILES string of the molecule is CCNCCCCS(=O)(=O)NC(C)C1CCCC1. The lowest BCUT2D eigenvalue weighted by molar-refractivity contribution is 0.423. The maximum Gasteiger partial charge on any atom is 0.211 e. The van der Waals surface area contributed by atoms with Gasteiger partial charge in [-0.25, -0.2) is 13.1 Å². The van der Waals surface area contributed by atoms with E-state index in [0.717, 1.165) is 25.9 Å². The number of rotatable bonds is 9. The van der Waals surface area contributed by atoms with Gasteiger partial charge in [-0.15, -0.1) is 0 Å². The van der Waals surface area contributed by atoms with E-state index >= 15 is 0 Å². The number of nitrogens with one attached hydrogen (secondary N) is 2. The first-order valence-corrected chi connectivity index (χ1v) is 8.91. The zero-order chi connectivity index (χ0) is 13.4. The largest absolute Gasteiger partial charge is 0.317 e. The molecule has 1 aliphatic carbocycles. The van der Waals surface area contributed by atoms with Gasteiger partial charge in [-0.05, 0) is 51.6 Å². The van der Waals surface area contributed by atoms with Crippen LogP contribution in [0.3, 0.4) is 0 Å². The minimum Gasteiger partial charge on any atom is -0.317 e. The van der Waals surface area contributed by atoms with Crippen molar-refractivity contribution >= 4 is 10.0 Å². The van der Waals surface area contributed by atoms with Crippen LogP contribution in [-0.2, 0) is 10.0 Å². The molecular weight excluding hydrogens is 248 g/mol. The summed E-state index contributed by atoms with van der Waals surface area (Å²) in [4.78, 5) is 0. The molecule has 1 fully saturated rings. The number of sulfonamides is 1. The molecule has 0 radical (unpaired) electrons. The zero-order valence-electron chi connectivity index (χ0n) is 11.7. The molecule has 18 heavy (non-hydrogen) atoms. The monoisotopic (exact) mass is 276 g/mol. The van der Waals surface area contributed by atoms with Crippen molar-refractivity contribution in [2.24, 2.45) is 5.92 Å². The van der Waals surface area contributed by atoms with Gasteiger partial charge in [-0.3, -0.25) is 0 Å². The third-order valence-corrected chi connectivity index (χ3v) is 5.30. The summed E-state index contributed by atoms with van der Waals surface area (Å²) in [7, 11) is -3.08. The van der Waals surface area contributed by atoms with Crippen molar-refractivity contribution in [3.63, 3.8) is 0 Å². The Morgan fingerprint density at radius 2 is 1.89 bits per heavy atom. The number of unbranched alkanes of at least 4 members (excludes halogenated alkanes) is 1. The van der Waals surface area contributed by atoms with Gasteiger partial charge in [0.05, 0.1) is 5.75 Å². The third-order valence-electron chi connectivity index (χ3n) is 3.74. The van der Waals surface area contributed by atoms with Crippen LogP contribution in [0.2, 0.25) is 0 Å². The molecule has 0 amide bonds. The van der Waals surface area contributed by atoms with Crippen molar-refractivity contribution in [1.29, 1.82) is 0 Å². The Balaban J connectivity index is 2.21. The predicted molar refractivity (Wildman–Crippen MR) is 76.1 cm³/mol. The number of hydrogen-bond donors (Lipinski definition) is 2. The molecule has 0 bridgehead atoms. The first-order chi connectivity index (χ1) is 8.55. The summed E-state index contributed by atoms with van der Waals surface area (Å²) in [6.07, 6.45) is 6.50. The highest BCUT2D eigenvalue weighted by molar-refractivity contribution is 7.89. The standard InChI is InChI=1S/C13H28N2O2S/c1-3-14-10-6-7-11-18(16,17)15-12(2)13-8-4-5-9-13/h12-15H,3-11H2,1-2H3. The fourth-order valence-corrected chi connectivity index (χ4v) is 4.08. The van der Waals surface area contributed by atoms with Gasteiger partial charge >= 0.3 is 0 Å². The fraction of sp³-hybridized carbons (Fsp3) is 1.00. The van der Waals surface area contributed by atoms with Gasteiger partial charge in [-0.1, -0.05) is 19.8 Å². The molecule has 0 aliphatic heterocycles. The summed E-state index contributed by atoms with van der Waals surface area (Å²) < 4.78 is 26.6. The molecule has 0 saturated heterocycles. The maximum atomic E-state index is 11.9. The molecule has 0 heterocycles. The molecule has 0 spiro atoms. The topological polar surface area (TPSA) is 58.2 Å². The smallest absolute Gasteiger partial charge is 0.211 e. The number of hydrogen-bond acceptors (Lipinski definition) is 3. The molecule has 5 heteroatoms. The molecular formula is C13H28N2O2S. The van der Waals surface area contributed by atoms with E-state index in [2.05, 4.69) is 17.0 Å². The van der Waals surface area contributed by atoms with Crippen molar-refractivity contribution in [3.05, 3.63) is 0 Å². The summed E-state index contributed by atoms with van der Waals surface area (Å²) in [6.45, 7) is 5.92. The van der Waals surface area contributed by atoms with Crippen LogP contribution in [-0.4, -0.2) is 33.3 Å². The molecule has 108 valence electrons. The molecule has 1 unspecified atom stereocenters.